The topological polar surface area (TPSA) is 78.0 Å². The van der Waals surface area contributed by atoms with Gasteiger partial charge in [-0.15, -0.1) is 0 Å². The molecular weight excluding hydrogens is 250 g/mol. The van der Waals surface area contributed by atoms with Crippen molar-refractivity contribution in [3.63, 3.8) is 0 Å². The van der Waals surface area contributed by atoms with E-state index < -0.39 is 9.84 Å². The zero-order valence-electron chi connectivity index (χ0n) is 10.3. The lowest BCUT2D eigenvalue weighted by Crippen LogP contribution is -2.10. The molecule has 96 valence electrons. The van der Waals surface area contributed by atoms with Crippen molar-refractivity contribution in [3.05, 3.63) is 41.7 Å². The molecule has 0 bridgehead atoms. The van der Waals surface area contributed by atoms with Gasteiger partial charge in [-0.3, -0.25) is 4.68 Å². The summed E-state index contributed by atoms with van der Waals surface area (Å²) >= 11 is 0. The first-order valence-corrected chi connectivity index (χ1v) is 7.12. The maximum atomic E-state index is 12.3. The van der Waals surface area contributed by atoms with Gasteiger partial charge < -0.3 is 5.73 Å². The van der Waals surface area contributed by atoms with E-state index in [2.05, 4.69) is 5.10 Å². The summed E-state index contributed by atoms with van der Waals surface area (Å²) in [4.78, 5) is 0.170. The van der Waals surface area contributed by atoms with Crippen LogP contribution in [-0.4, -0.2) is 18.2 Å². The third kappa shape index (κ3) is 2.38. The van der Waals surface area contributed by atoms with E-state index in [9.17, 15) is 8.42 Å². The second kappa shape index (κ2) is 4.45. The van der Waals surface area contributed by atoms with E-state index in [1.165, 1.54) is 6.07 Å². The number of para-hydroxylation sites is 1. The number of nitrogen functional groups attached to an aromatic ring is 1. The third-order valence-corrected chi connectivity index (χ3v) is 4.41. The monoisotopic (exact) mass is 265 g/mol. The third-order valence-electron chi connectivity index (χ3n) is 2.69. The van der Waals surface area contributed by atoms with Crippen LogP contribution in [0.15, 0.2) is 35.2 Å². The number of nitrogens with zero attached hydrogens (tertiary/aromatic N) is 2. The minimum atomic E-state index is -3.44. The summed E-state index contributed by atoms with van der Waals surface area (Å²) in [6.45, 7) is 1.83. The smallest absolute Gasteiger partial charge is 0.186 e. The fourth-order valence-electron chi connectivity index (χ4n) is 1.84. The molecule has 1 aromatic carbocycles. The summed E-state index contributed by atoms with van der Waals surface area (Å²) in [5.74, 6) is -0.0987. The highest BCUT2D eigenvalue weighted by molar-refractivity contribution is 7.90. The molecular formula is C12H15N3O2S. The first-order valence-electron chi connectivity index (χ1n) is 5.47. The molecule has 0 aliphatic heterocycles. The normalized spacial score (nSPS) is 11.7. The largest absolute Gasteiger partial charge is 0.398 e. The number of aromatic nitrogens is 2. The maximum Gasteiger partial charge on any atom is 0.186 e. The highest BCUT2D eigenvalue weighted by Crippen LogP contribution is 2.22. The van der Waals surface area contributed by atoms with E-state index in [0.29, 0.717) is 5.69 Å². The second-order valence-corrected chi connectivity index (χ2v) is 6.16. The summed E-state index contributed by atoms with van der Waals surface area (Å²) in [7, 11) is -1.71. The Kier molecular flexibility index (Phi) is 3.13. The Morgan fingerprint density at radius 2 is 2.00 bits per heavy atom. The van der Waals surface area contributed by atoms with Crippen LogP contribution in [0.4, 0.5) is 5.69 Å². The van der Waals surface area contributed by atoms with Crippen LogP contribution in [0.1, 0.15) is 11.4 Å². The van der Waals surface area contributed by atoms with Crippen molar-refractivity contribution in [3.8, 4) is 0 Å². The molecule has 0 aliphatic carbocycles. The first-order chi connectivity index (χ1) is 8.40. The van der Waals surface area contributed by atoms with Crippen LogP contribution in [0.2, 0.25) is 0 Å². The van der Waals surface area contributed by atoms with E-state index in [1.54, 1.807) is 36.0 Å². The summed E-state index contributed by atoms with van der Waals surface area (Å²) in [5.41, 5.74) is 7.42. The summed E-state index contributed by atoms with van der Waals surface area (Å²) in [6.07, 6.45) is 0. The van der Waals surface area contributed by atoms with E-state index in [0.717, 1.165) is 5.69 Å². The first kappa shape index (κ1) is 12.6. The van der Waals surface area contributed by atoms with Crippen molar-refractivity contribution in [2.75, 3.05) is 5.73 Å². The van der Waals surface area contributed by atoms with Gasteiger partial charge in [0.15, 0.2) is 9.84 Å². The number of hydrogen-bond donors (Lipinski definition) is 1. The molecule has 1 aromatic heterocycles. The lowest BCUT2D eigenvalue weighted by atomic mass is 10.3. The zero-order valence-corrected chi connectivity index (χ0v) is 11.1. The Balaban J connectivity index is 2.39. The van der Waals surface area contributed by atoms with Gasteiger partial charge in [-0.1, -0.05) is 12.1 Å². The van der Waals surface area contributed by atoms with Gasteiger partial charge in [-0.25, -0.2) is 8.42 Å². The molecule has 0 saturated carbocycles. The van der Waals surface area contributed by atoms with E-state index >= 15 is 0 Å². The molecule has 1 heterocycles. The zero-order chi connectivity index (χ0) is 13.3. The Hall–Kier alpha value is -1.82. The van der Waals surface area contributed by atoms with Gasteiger partial charge in [0.05, 0.1) is 27.7 Å². The van der Waals surface area contributed by atoms with Crippen molar-refractivity contribution >= 4 is 15.5 Å². The SMILES string of the molecule is Cc1cc(CS(=O)(=O)c2ccccc2N)n(C)n1. The van der Waals surface area contributed by atoms with Crippen molar-refractivity contribution in [2.24, 2.45) is 7.05 Å². The van der Waals surface area contributed by atoms with Crippen LogP contribution in [0.3, 0.4) is 0 Å². The van der Waals surface area contributed by atoms with E-state index in [-0.39, 0.29) is 16.3 Å². The average molecular weight is 265 g/mol. The summed E-state index contributed by atoms with van der Waals surface area (Å²) in [5, 5.41) is 4.13. The predicted octanol–water partition coefficient (Wildman–Crippen LogP) is 1.28. The number of rotatable bonds is 3. The van der Waals surface area contributed by atoms with Gasteiger partial charge in [0.2, 0.25) is 0 Å². The standard InChI is InChI=1S/C12H15N3O2S/c1-9-7-10(15(2)14-9)8-18(16,17)12-6-4-3-5-11(12)13/h3-7H,8,13H2,1-2H3. The van der Waals surface area contributed by atoms with Crippen molar-refractivity contribution in [1.29, 1.82) is 0 Å². The van der Waals surface area contributed by atoms with Gasteiger partial charge in [0, 0.05) is 7.05 Å². The molecule has 2 N–H and O–H groups in total. The lowest BCUT2D eigenvalue weighted by Gasteiger charge is -2.07. The van der Waals surface area contributed by atoms with E-state index in [4.69, 9.17) is 5.73 Å². The molecule has 2 rings (SSSR count). The van der Waals surface area contributed by atoms with Crippen LogP contribution in [0.25, 0.3) is 0 Å². The highest BCUT2D eigenvalue weighted by atomic mass is 32.2. The summed E-state index contributed by atoms with van der Waals surface area (Å²) in [6, 6.07) is 8.24. The molecule has 0 spiro atoms. The number of aryl methyl sites for hydroxylation is 2. The molecule has 6 heteroatoms. The molecule has 5 nitrogen and oxygen atoms in total. The van der Waals surface area contributed by atoms with Crippen molar-refractivity contribution < 1.29 is 8.42 Å². The molecule has 0 saturated heterocycles. The van der Waals surface area contributed by atoms with Crippen LogP contribution < -0.4 is 5.73 Å². The van der Waals surface area contributed by atoms with Crippen molar-refractivity contribution in [1.82, 2.24) is 9.78 Å². The van der Waals surface area contributed by atoms with Crippen LogP contribution in [0, 0.1) is 6.92 Å². The minimum absolute atomic E-state index is 0.0987. The summed E-state index contributed by atoms with van der Waals surface area (Å²) < 4.78 is 26.1. The quantitative estimate of drug-likeness (QED) is 0.848. The Morgan fingerprint density at radius 3 is 2.56 bits per heavy atom. The predicted molar refractivity (Wildman–Crippen MR) is 69.7 cm³/mol. The van der Waals surface area contributed by atoms with Gasteiger partial charge in [-0.2, -0.15) is 5.10 Å². The minimum Gasteiger partial charge on any atom is -0.398 e. The van der Waals surface area contributed by atoms with Gasteiger partial charge in [0.1, 0.15) is 0 Å². The van der Waals surface area contributed by atoms with Crippen LogP contribution >= 0.6 is 0 Å². The number of anilines is 1. The Labute approximate surface area is 106 Å². The number of sulfone groups is 1. The highest BCUT2D eigenvalue weighted by Gasteiger charge is 2.19. The molecule has 0 atom stereocenters. The van der Waals surface area contributed by atoms with Crippen LogP contribution in [-0.2, 0) is 22.6 Å². The molecule has 0 aliphatic rings. The second-order valence-electron chi connectivity index (χ2n) is 4.20. The maximum absolute atomic E-state index is 12.3. The number of nitrogens with two attached hydrogens (primary N) is 1. The Morgan fingerprint density at radius 1 is 1.33 bits per heavy atom. The Bertz CT molecular complexity index is 674. The fraction of sp³-hybridized carbons (Fsp3) is 0.250. The average Bonchev–Trinajstić information content (AvgIpc) is 2.57. The van der Waals surface area contributed by atoms with Gasteiger partial charge in [-0.05, 0) is 25.1 Å². The van der Waals surface area contributed by atoms with Crippen molar-refractivity contribution in [2.45, 2.75) is 17.6 Å². The lowest BCUT2D eigenvalue weighted by molar-refractivity contribution is 0.592. The molecule has 0 amide bonds. The van der Waals surface area contributed by atoms with Crippen LogP contribution in [0.5, 0.6) is 0 Å². The molecule has 0 radical (unpaired) electrons. The van der Waals surface area contributed by atoms with Gasteiger partial charge in [0.25, 0.3) is 0 Å². The number of hydrogen-bond acceptors (Lipinski definition) is 4. The fourth-order valence-corrected chi connectivity index (χ4v) is 3.36. The van der Waals surface area contributed by atoms with Gasteiger partial charge >= 0.3 is 0 Å². The molecule has 18 heavy (non-hydrogen) atoms. The molecule has 2 aromatic rings. The number of benzene rings is 1. The molecule has 0 unspecified atom stereocenters. The van der Waals surface area contributed by atoms with E-state index in [1.807, 2.05) is 6.92 Å². The molecule has 0 fully saturated rings.